The van der Waals surface area contributed by atoms with Crippen LogP contribution in [0.1, 0.15) is 271 Å². The van der Waals surface area contributed by atoms with E-state index >= 15 is 0 Å². The van der Waals surface area contributed by atoms with Crippen LogP contribution in [-0.4, -0.2) is 37.2 Å². The van der Waals surface area contributed by atoms with Crippen molar-refractivity contribution in [2.24, 2.45) is 0 Å². The summed E-state index contributed by atoms with van der Waals surface area (Å²) in [6.07, 6.45) is 84.9. The van der Waals surface area contributed by atoms with Crippen molar-refractivity contribution in [3.8, 4) is 0 Å². The second kappa shape index (κ2) is 61.4. The van der Waals surface area contributed by atoms with Gasteiger partial charge in [0.2, 0.25) is 0 Å². The lowest BCUT2D eigenvalue weighted by Crippen LogP contribution is -2.30. The maximum Gasteiger partial charge on any atom is 0.306 e. The van der Waals surface area contributed by atoms with E-state index in [0.717, 1.165) is 135 Å². The first kappa shape index (κ1) is 69.8. The summed E-state index contributed by atoms with van der Waals surface area (Å²) >= 11 is 0. The standard InChI is InChI=1S/C68H112O6/c1-4-7-10-13-16-19-21-23-25-27-29-31-33-34-36-37-39-41-43-45-47-49-52-55-58-61-67(70)73-64-65(63-72-66(69)60-57-54-51-18-15-12-9-6-3)74-68(71)62-59-56-53-50-48-46-44-42-40-38-35-32-30-28-26-24-22-20-17-14-11-8-5-2/h7-8,10-11,16-17,19-20,23-26,29-32,34,36,38,40,65H,4-6,9,12-15,18,21-22,27-28,33,35,37,39,41-64H2,1-3H3/b10-7-,11-8-,19-16-,20-17-,25-23-,26-24-,31-29-,32-30-,36-34-,40-38-. The van der Waals surface area contributed by atoms with E-state index in [1.165, 1.54) is 96.3 Å². The number of esters is 3. The van der Waals surface area contributed by atoms with Crippen LogP contribution >= 0.6 is 0 Å². The molecule has 0 spiro atoms. The van der Waals surface area contributed by atoms with Crippen LogP contribution in [0.5, 0.6) is 0 Å². The first-order valence-corrected chi connectivity index (χ1v) is 30.5. The van der Waals surface area contributed by atoms with E-state index in [9.17, 15) is 14.4 Å². The summed E-state index contributed by atoms with van der Waals surface area (Å²) in [4.78, 5) is 38.1. The van der Waals surface area contributed by atoms with Crippen LogP contribution in [0.2, 0.25) is 0 Å². The van der Waals surface area contributed by atoms with Gasteiger partial charge in [0.15, 0.2) is 6.10 Å². The van der Waals surface area contributed by atoms with E-state index in [0.29, 0.717) is 19.3 Å². The molecule has 0 aromatic heterocycles. The van der Waals surface area contributed by atoms with Crippen LogP contribution in [0.25, 0.3) is 0 Å². The van der Waals surface area contributed by atoms with Crippen molar-refractivity contribution in [1.29, 1.82) is 0 Å². The normalized spacial score (nSPS) is 13.0. The minimum atomic E-state index is -0.788. The van der Waals surface area contributed by atoms with Crippen molar-refractivity contribution in [2.45, 2.75) is 277 Å². The second-order valence-corrected chi connectivity index (χ2v) is 19.9. The molecule has 0 radical (unpaired) electrons. The van der Waals surface area contributed by atoms with Crippen LogP contribution in [-0.2, 0) is 28.6 Å². The Morgan fingerprint density at radius 3 is 0.824 bits per heavy atom. The highest BCUT2D eigenvalue weighted by Gasteiger charge is 2.19. The van der Waals surface area contributed by atoms with Gasteiger partial charge in [-0.15, -0.1) is 0 Å². The molecule has 1 unspecified atom stereocenters. The molecule has 0 aliphatic rings. The Morgan fingerprint density at radius 2 is 0.527 bits per heavy atom. The third-order valence-electron chi connectivity index (χ3n) is 12.7. The minimum Gasteiger partial charge on any atom is -0.462 e. The third kappa shape index (κ3) is 58.7. The van der Waals surface area contributed by atoms with Crippen molar-refractivity contribution in [3.05, 3.63) is 122 Å². The van der Waals surface area contributed by atoms with Gasteiger partial charge in [0.1, 0.15) is 13.2 Å². The summed E-state index contributed by atoms with van der Waals surface area (Å²) in [6.45, 7) is 6.37. The Balaban J connectivity index is 4.26. The largest absolute Gasteiger partial charge is 0.462 e. The SMILES string of the molecule is CC/C=C\C/C=C\C/C=C\C/C=C\C/C=C\CCCCCCCCCCCC(=O)OCC(COC(=O)CCCCCCCCCC)OC(=O)CCCCCCCCC/C=C\C/C=C\C/C=C\C/C=C\C/C=C\CC. The molecule has 0 bridgehead atoms. The number of unbranched alkanes of at least 4 members (excludes halogenated alkanes) is 23. The molecule has 0 saturated heterocycles. The average Bonchev–Trinajstić information content (AvgIpc) is 3.40. The van der Waals surface area contributed by atoms with E-state index < -0.39 is 6.10 Å². The number of allylic oxidation sites excluding steroid dienone is 20. The lowest BCUT2D eigenvalue weighted by atomic mass is 10.1. The van der Waals surface area contributed by atoms with Crippen molar-refractivity contribution >= 4 is 17.9 Å². The lowest BCUT2D eigenvalue weighted by molar-refractivity contribution is -0.167. The number of carbonyl (C=O) groups excluding carboxylic acids is 3. The van der Waals surface area contributed by atoms with Gasteiger partial charge in [0, 0.05) is 19.3 Å². The molecule has 0 N–H and O–H groups in total. The summed E-state index contributed by atoms with van der Waals surface area (Å²) in [6, 6.07) is 0. The van der Waals surface area contributed by atoms with Crippen molar-refractivity contribution in [3.63, 3.8) is 0 Å². The summed E-state index contributed by atoms with van der Waals surface area (Å²) in [5.41, 5.74) is 0. The minimum absolute atomic E-state index is 0.0854. The Morgan fingerprint density at radius 1 is 0.284 bits per heavy atom. The number of hydrogen-bond donors (Lipinski definition) is 0. The maximum absolute atomic E-state index is 12.9. The molecule has 1 atom stereocenters. The Kier molecular flexibility index (Phi) is 57.9. The molecule has 74 heavy (non-hydrogen) atoms. The fourth-order valence-electron chi connectivity index (χ4n) is 8.20. The molecular weight excluding hydrogens is 913 g/mol. The zero-order valence-electron chi connectivity index (χ0n) is 48.1. The van der Waals surface area contributed by atoms with Gasteiger partial charge in [-0.25, -0.2) is 0 Å². The lowest BCUT2D eigenvalue weighted by Gasteiger charge is -2.18. The van der Waals surface area contributed by atoms with Gasteiger partial charge >= 0.3 is 17.9 Å². The Hall–Kier alpha value is -4.19. The number of carbonyl (C=O) groups is 3. The molecular formula is C68H112O6. The summed E-state index contributed by atoms with van der Waals surface area (Å²) in [5, 5.41) is 0. The number of rotatable bonds is 54. The van der Waals surface area contributed by atoms with Crippen molar-refractivity contribution in [1.82, 2.24) is 0 Å². The van der Waals surface area contributed by atoms with Crippen molar-refractivity contribution < 1.29 is 28.6 Å². The van der Waals surface area contributed by atoms with Crippen LogP contribution in [0.4, 0.5) is 0 Å². The van der Waals surface area contributed by atoms with Gasteiger partial charge in [-0.3, -0.25) is 14.4 Å². The summed E-state index contributed by atoms with van der Waals surface area (Å²) < 4.78 is 16.8. The predicted octanol–water partition coefficient (Wildman–Crippen LogP) is 20.8. The fraction of sp³-hybridized carbons (Fsp3) is 0.662. The molecule has 0 aliphatic heterocycles. The molecule has 0 aliphatic carbocycles. The van der Waals surface area contributed by atoms with Gasteiger partial charge in [-0.05, 0) is 109 Å². The highest BCUT2D eigenvalue weighted by atomic mass is 16.6. The van der Waals surface area contributed by atoms with Crippen LogP contribution in [0.15, 0.2) is 122 Å². The van der Waals surface area contributed by atoms with Gasteiger partial charge in [-0.2, -0.15) is 0 Å². The molecule has 420 valence electrons. The maximum atomic E-state index is 12.9. The van der Waals surface area contributed by atoms with Crippen LogP contribution in [0, 0.1) is 0 Å². The molecule has 0 heterocycles. The Labute approximate surface area is 456 Å². The molecule has 0 fully saturated rings. The zero-order valence-corrected chi connectivity index (χ0v) is 48.1. The molecule has 0 amide bonds. The van der Waals surface area contributed by atoms with E-state index in [-0.39, 0.29) is 31.1 Å². The Bertz CT molecular complexity index is 1550. The van der Waals surface area contributed by atoms with Gasteiger partial charge in [-0.1, -0.05) is 264 Å². The van der Waals surface area contributed by atoms with E-state index in [1.54, 1.807) is 0 Å². The molecule has 0 saturated carbocycles. The second-order valence-electron chi connectivity index (χ2n) is 19.9. The monoisotopic (exact) mass is 1020 g/mol. The fourth-order valence-corrected chi connectivity index (χ4v) is 8.20. The molecule has 0 aromatic rings. The molecule has 0 rings (SSSR count). The predicted molar refractivity (Wildman–Crippen MR) is 320 cm³/mol. The highest BCUT2D eigenvalue weighted by molar-refractivity contribution is 5.71. The van der Waals surface area contributed by atoms with Crippen LogP contribution in [0.3, 0.4) is 0 Å². The number of hydrogen-bond acceptors (Lipinski definition) is 6. The third-order valence-corrected chi connectivity index (χ3v) is 12.7. The first-order valence-electron chi connectivity index (χ1n) is 30.5. The summed E-state index contributed by atoms with van der Waals surface area (Å²) in [7, 11) is 0. The van der Waals surface area contributed by atoms with Gasteiger partial charge < -0.3 is 14.2 Å². The van der Waals surface area contributed by atoms with Gasteiger partial charge in [0.05, 0.1) is 0 Å². The molecule has 6 nitrogen and oxygen atoms in total. The van der Waals surface area contributed by atoms with Crippen molar-refractivity contribution in [2.75, 3.05) is 13.2 Å². The molecule has 0 aromatic carbocycles. The van der Waals surface area contributed by atoms with E-state index in [4.69, 9.17) is 14.2 Å². The van der Waals surface area contributed by atoms with Gasteiger partial charge in [0.25, 0.3) is 0 Å². The van der Waals surface area contributed by atoms with E-state index in [1.807, 2.05) is 0 Å². The summed E-state index contributed by atoms with van der Waals surface area (Å²) in [5.74, 6) is -0.906. The van der Waals surface area contributed by atoms with Crippen LogP contribution < -0.4 is 0 Å². The smallest absolute Gasteiger partial charge is 0.306 e. The topological polar surface area (TPSA) is 78.9 Å². The molecule has 6 heteroatoms. The van der Waals surface area contributed by atoms with E-state index in [2.05, 4.69) is 142 Å². The number of ether oxygens (including phenoxy) is 3. The highest BCUT2D eigenvalue weighted by Crippen LogP contribution is 2.15. The zero-order chi connectivity index (χ0) is 53.6. The quantitative estimate of drug-likeness (QED) is 0.0261. The first-order chi connectivity index (χ1) is 36.5. The average molecular weight is 1030 g/mol.